The molecule has 20 heteroatoms. The summed E-state index contributed by atoms with van der Waals surface area (Å²) in [5.41, 5.74) is 6.05. The van der Waals surface area contributed by atoms with Crippen LogP contribution < -0.4 is 0 Å². The van der Waals surface area contributed by atoms with E-state index in [9.17, 15) is 51.9 Å². The summed E-state index contributed by atoms with van der Waals surface area (Å²) < 4.78 is 145. The molecule has 9 rings (SSSR count). The third-order valence-corrected chi connectivity index (χ3v) is 13.8. The largest absolute Gasteiger partial charge is 0.744 e. The lowest BCUT2D eigenvalue weighted by Gasteiger charge is -2.15. The average Bonchev–Trinajstić information content (AvgIpc) is 4.05. The molecule has 0 aliphatic carbocycles. The van der Waals surface area contributed by atoms with E-state index in [2.05, 4.69) is 9.97 Å². The van der Waals surface area contributed by atoms with E-state index in [0.717, 1.165) is 48.5 Å². The fourth-order valence-corrected chi connectivity index (χ4v) is 9.39. The van der Waals surface area contributed by atoms with Crippen LogP contribution >= 0.6 is 0 Å². The first kappa shape index (κ1) is 42.4. The van der Waals surface area contributed by atoms with Crippen LogP contribution in [0.5, 0.6) is 0 Å². The topological polar surface area (TPSA) is 286 Å². The molecule has 0 saturated carbocycles. The first-order valence-electron chi connectivity index (χ1n) is 18.6. The van der Waals surface area contributed by atoms with Gasteiger partial charge in [-0.2, -0.15) is 0 Å². The molecule has 3 aromatic heterocycles. The van der Waals surface area contributed by atoms with Gasteiger partial charge < -0.3 is 28.2 Å². The van der Waals surface area contributed by atoms with Crippen molar-refractivity contribution in [3.63, 3.8) is 0 Å². The van der Waals surface area contributed by atoms with Crippen molar-refractivity contribution in [2.75, 3.05) is 0 Å². The van der Waals surface area contributed by atoms with Crippen LogP contribution in [-0.2, 0) is 40.5 Å². The molecule has 2 aliphatic heterocycles. The van der Waals surface area contributed by atoms with Crippen LogP contribution in [0, 0.1) is 0 Å². The molecule has 2 N–H and O–H groups in total. The minimum atomic E-state index is -4.93. The third-order valence-electron chi connectivity index (χ3n) is 10.4. The van der Waals surface area contributed by atoms with Crippen LogP contribution in [0.2, 0.25) is 0 Å². The predicted octanol–water partition coefficient (Wildman–Crippen LogP) is 6.69. The van der Waals surface area contributed by atoms with Crippen LogP contribution in [0.3, 0.4) is 0 Å². The Labute approximate surface area is 365 Å². The maximum Gasteiger partial charge on any atom is 0.124 e. The molecule has 4 aromatic carbocycles. The molecular formula is C44H26N4O12S4-4. The van der Waals surface area contributed by atoms with E-state index in [-0.39, 0.29) is 22.3 Å². The highest BCUT2D eigenvalue weighted by Crippen LogP contribution is 2.46. The summed E-state index contributed by atoms with van der Waals surface area (Å²) >= 11 is 0. The Morgan fingerprint density at radius 1 is 0.391 bits per heavy atom. The van der Waals surface area contributed by atoms with Crippen molar-refractivity contribution in [1.82, 2.24) is 19.9 Å². The number of fused-ring (bicyclic) bond motifs is 8. The number of nitrogens with zero attached hydrogens (tertiary/aromatic N) is 2. The molecule has 0 fully saturated rings. The lowest BCUT2D eigenvalue weighted by atomic mass is 9.91. The Morgan fingerprint density at radius 2 is 0.781 bits per heavy atom. The summed E-state index contributed by atoms with van der Waals surface area (Å²) in [5.74, 6) is 0. The number of aromatic amines is 2. The standard InChI is InChI=1S/C44H30N4O12S4/c49-61(50,51)34-13-1-25(2-14-34)38-23-33-22-31-10-9-29(45-31)21-30-11-12-32(46-30)24-39-40(26-3-15-35(16-4-26)62(52,53)54)41(27-5-17-36(18-6-27)63(55,56)57)44(48-39)42(43(38)47-33)28-7-19-37(20-8-28)64(58,59)60/h1-24,45,48H,(H,49,50,51)(H,52,53,54)(H,55,56,57)(H,58,59,60)/p-4. The highest BCUT2D eigenvalue weighted by Gasteiger charge is 2.25. The van der Waals surface area contributed by atoms with Gasteiger partial charge in [-0.3, -0.25) is 0 Å². The average molecular weight is 931 g/mol. The number of hydrogen-bond donors (Lipinski definition) is 2. The van der Waals surface area contributed by atoms with E-state index in [4.69, 9.17) is 9.97 Å². The van der Waals surface area contributed by atoms with Gasteiger partial charge in [-0.05, 0) is 119 Å². The SMILES string of the molecule is O=S(=O)([O-])c1ccc(C2=Cc3cc4ccc(cc5nc(cc6[nH]c(c(-c7ccc(S(=O)(=O)[O-])cc7)c2n3)c(-c2ccc(S(=O)(=O)[O-])cc2)c6-c2ccc(S(=O)(=O)[O-])cc2)C=C5)[nH]4)cc1. The van der Waals surface area contributed by atoms with E-state index in [1.54, 1.807) is 36.4 Å². The molecule has 0 spiro atoms. The van der Waals surface area contributed by atoms with Crippen molar-refractivity contribution in [2.24, 2.45) is 0 Å². The minimum Gasteiger partial charge on any atom is -0.744 e. The van der Waals surface area contributed by atoms with E-state index in [1.807, 2.05) is 12.1 Å². The van der Waals surface area contributed by atoms with Crippen molar-refractivity contribution in [3.8, 4) is 33.4 Å². The number of H-pyrrole nitrogens is 2. The minimum absolute atomic E-state index is 0.202. The highest BCUT2D eigenvalue weighted by atomic mass is 32.2. The maximum absolute atomic E-state index is 12.2. The van der Waals surface area contributed by atoms with Gasteiger partial charge in [0.25, 0.3) is 0 Å². The molecule has 0 saturated heterocycles. The van der Waals surface area contributed by atoms with Crippen molar-refractivity contribution < 1.29 is 51.9 Å². The first-order valence-corrected chi connectivity index (χ1v) is 24.3. The normalized spacial score (nSPS) is 13.2. The van der Waals surface area contributed by atoms with Gasteiger partial charge in [-0.25, -0.2) is 43.6 Å². The lowest BCUT2D eigenvalue weighted by molar-refractivity contribution is 0.461. The zero-order valence-corrected chi connectivity index (χ0v) is 35.5. The lowest BCUT2D eigenvalue weighted by Crippen LogP contribution is -1.99. The van der Waals surface area contributed by atoms with Gasteiger partial charge in [0.2, 0.25) is 0 Å². The van der Waals surface area contributed by atoms with Crippen molar-refractivity contribution in [2.45, 2.75) is 19.6 Å². The van der Waals surface area contributed by atoms with Crippen LogP contribution in [0.25, 0.3) is 79.2 Å². The Balaban J connectivity index is 1.51. The molecule has 8 bridgehead atoms. The Hall–Kier alpha value is -6.88. The molecular weight excluding hydrogens is 905 g/mol. The molecule has 16 nitrogen and oxygen atoms in total. The third kappa shape index (κ3) is 8.34. The molecule has 5 heterocycles. The summed E-state index contributed by atoms with van der Waals surface area (Å²) in [6.45, 7) is 0. The fourth-order valence-electron chi connectivity index (χ4n) is 7.51. The zero-order valence-electron chi connectivity index (χ0n) is 32.3. The number of benzene rings is 4. The molecule has 7 aromatic rings. The van der Waals surface area contributed by atoms with Gasteiger partial charge in [0.15, 0.2) is 0 Å². The highest BCUT2D eigenvalue weighted by molar-refractivity contribution is 7.86. The molecule has 0 amide bonds. The summed E-state index contributed by atoms with van der Waals surface area (Å²) in [5, 5.41) is 0. The maximum atomic E-state index is 12.2. The Kier molecular flexibility index (Phi) is 10.2. The first-order chi connectivity index (χ1) is 30.2. The molecule has 64 heavy (non-hydrogen) atoms. The van der Waals surface area contributed by atoms with Crippen LogP contribution in [0.15, 0.2) is 147 Å². The Bertz CT molecular complexity index is 3790. The van der Waals surface area contributed by atoms with E-state index < -0.39 is 60.1 Å². The number of rotatable bonds is 8. The second kappa shape index (κ2) is 15.4. The van der Waals surface area contributed by atoms with Gasteiger partial charge in [0.1, 0.15) is 40.5 Å². The van der Waals surface area contributed by atoms with Crippen molar-refractivity contribution >= 4 is 86.3 Å². The monoisotopic (exact) mass is 930 g/mol. The van der Waals surface area contributed by atoms with Crippen LogP contribution in [0.4, 0.5) is 0 Å². The van der Waals surface area contributed by atoms with Crippen LogP contribution in [-0.4, -0.2) is 71.8 Å². The second-order valence-corrected chi connectivity index (χ2v) is 20.0. The van der Waals surface area contributed by atoms with Gasteiger partial charge in [-0.1, -0.05) is 48.5 Å². The zero-order chi connectivity index (χ0) is 45.3. The smallest absolute Gasteiger partial charge is 0.124 e. The van der Waals surface area contributed by atoms with Gasteiger partial charge >= 0.3 is 0 Å². The molecule has 2 aliphatic rings. The summed E-state index contributed by atoms with van der Waals surface area (Å²) in [4.78, 5) is 14.5. The Morgan fingerprint density at radius 3 is 1.23 bits per heavy atom. The van der Waals surface area contributed by atoms with E-state index in [0.29, 0.717) is 67.0 Å². The number of hydrogen-bond acceptors (Lipinski definition) is 14. The number of nitrogens with one attached hydrogen (secondary N) is 2. The van der Waals surface area contributed by atoms with Crippen LogP contribution in [0.1, 0.15) is 28.3 Å². The fraction of sp³-hybridized carbons (Fsp3) is 0. The quantitative estimate of drug-likeness (QED) is 0.150. The van der Waals surface area contributed by atoms with Gasteiger partial charge in [0, 0.05) is 38.8 Å². The second-order valence-electron chi connectivity index (χ2n) is 14.5. The van der Waals surface area contributed by atoms with E-state index in [1.165, 1.54) is 48.5 Å². The summed E-state index contributed by atoms with van der Waals surface area (Å²) in [7, 11) is -19.6. The summed E-state index contributed by atoms with van der Waals surface area (Å²) in [6.07, 6.45) is 5.22. The summed E-state index contributed by atoms with van der Waals surface area (Å²) in [6, 6.07) is 28.9. The van der Waals surface area contributed by atoms with Crippen molar-refractivity contribution in [1.29, 1.82) is 0 Å². The molecule has 0 atom stereocenters. The predicted molar refractivity (Wildman–Crippen MR) is 232 cm³/mol. The molecule has 322 valence electrons. The van der Waals surface area contributed by atoms with E-state index >= 15 is 0 Å². The van der Waals surface area contributed by atoms with Gasteiger partial charge in [0.05, 0.1) is 47.9 Å². The molecule has 0 unspecified atom stereocenters. The van der Waals surface area contributed by atoms with Gasteiger partial charge in [-0.15, -0.1) is 0 Å². The number of aromatic nitrogens is 4. The van der Waals surface area contributed by atoms with Crippen molar-refractivity contribution in [3.05, 3.63) is 156 Å². The molecule has 0 radical (unpaired) electrons.